The molecule has 4 rings (SSSR count). The minimum absolute atomic E-state index is 0.0260. The zero-order chi connectivity index (χ0) is 18.1. The molecule has 5 nitrogen and oxygen atoms in total. The zero-order valence-corrected chi connectivity index (χ0v) is 14.8. The summed E-state index contributed by atoms with van der Waals surface area (Å²) in [5, 5.41) is 0.603. The van der Waals surface area contributed by atoms with Crippen LogP contribution in [0.4, 0.5) is 0 Å². The summed E-state index contributed by atoms with van der Waals surface area (Å²) < 4.78 is 6.99. The van der Waals surface area contributed by atoms with Crippen LogP contribution < -0.4 is 5.56 Å². The number of benzene rings is 1. The summed E-state index contributed by atoms with van der Waals surface area (Å²) in [5.41, 5.74) is 1.01. The summed E-state index contributed by atoms with van der Waals surface area (Å²) in [5.74, 6) is -0.291. The third-order valence-electron chi connectivity index (χ3n) is 4.95. The third-order valence-corrected chi connectivity index (χ3v) is 5.19. The van der Waals surface area contributed by atoms with E-state index >= 15 is 0 Å². The Kier molecular flexibility index (Phi) is 4.24. The van der Waals surface area contributed by atoms with Gasteiger partial charge in [-0.25, -0.2) is 4.98 Å². The van der Waals surface area contributed by atoms with Crippen LogP contribution in [0.5, 0.6) is 0 Å². The maximum atomic E-state index is 12.8. The Morgan fingerprint density at radius 3 is 2.77 bits per heavy atom. The Bertz CT molecular complexity index is 1040. The minimum atomic E-state index is -0.642. The second-order valence-corrected chi connectivity index (χ2v) is 6.97. The minimum Gasteiger partial charge on any atom is -0.458 e. The molecule has 0 unspecified atom stereocenters. The number of ether oxygens (including phenoxy) is 1. The highest BCUT2D eigenvalue weighted by molar-refractivity contribution is 6.30. The average Bonchev–Trinajstić information content (AvgIpc) is 2.59. The number of halogens is 1. The van der Waals surface area contributed by atoms with Gasteiger partial charge in [-0.2, -0.15) is 0 Å². The lowest BCUT2D eigenvalue weighted by atomic mass is 9.64. The van der Waals surface area contributed by atoms with E-state index in [4.69, 9.17) is 16.3 Å². The lowest BCUT2D eigenvalue weighted by Gasteiger charge is -2.39. The van der Waals surface area contributed by atoms with Gasteiger partial charge in [0.1, 0.15) is 12.3 Å². The third kappa shape index (κ3) is 2.88. The van der Waals surface area contributed by atoms with Gasteiger partial charge in [-0.15, -0.1) is 0 Å². The average molecular weight is 369 g/mol. The zero-order valence-electron chi connectivity index (χ0n) is 14.0. The first-order valence-corrected chi connectivity index (χ1v) is 8.87. The van der Waals surface area contributed by atoms with E-state index < -0.39 is 5.41 Å². The largest absolute Gasteiger partial charge is 0.458 e. The number of fused-ring (bicyclic) bond motifs is 1. The Hall–Kier alpha value is -2.66. The molecule has 6 heteroatoms. The first-order valence-electron chi connectivity index (χ1n) is 8.49. The van der Waals surface area contributed by atoms with Gasteiger partial charge < -0.3 is 4.74 Å². The first-order chi connectivity index (χ1) is 12.6. The first kappa shape index (κ1) is 16.8. The predicted molar refractivity (Wildman–Crippen MR) is 98.2 cm³/mol. The van der Waals surface area contributed by atoms with Crippen molar-refractivity contribution in [2.75, 3.05) is 0 Å². The van der Waals surface area contributed by atoms with Gasteiger partial charge >= 0.3 is 5.97 Å². The maximum absolute atomic E-state index is 12.8. The van der Waals surface area contributed by atoms with Crippen molar-refractivity contribution in [1.82, 2.24) is 9.38 Å². The molecule has 0 radical (unpaired) electrons. The highest BCUT2D eigenvalue weighted by Gasteiger charge is 2.47. The van der Waals surface area contributed by atoms with Crippen molar-refractivity contribution in [3.05, 3.63) is 81.4 Å². The van der Waals surface area contributed by atoms with Gasteiger partial charge in [0, 0.05) is 17.3 Å². The van der Waals surface area contributed by atoms with Gasteiger partial charge in [0.25, 0.3) is 5.56 Å². The van der Waals surface area contributed by atoms with Crippen molar-refractivity contribution in [2.45, 2.75) is 31.3 Å². The summed E-state index contributed by atoms with van der Waals surface area (Å²) in [6.07, 6.45) is 4.10. The molecule has 0 bridgehead atoms. The molecule has 0 aliphatic heterocycles. The lowest BCUT2D eigenvalue weighted by Crippen LogP contribution is -2.43. The highest BCUT2D eigenvalue weighted by atomic mass is 35.5. The van der Waals surface area contributed by atoms with Crippen LogP contribution in [0.25, 0.3) is 5.65 Å². The molecule has 0 spiro atoms. The van der Waals surface area contributed by atoms with Crippen molar-refractivity contribution in [1.29, 1.82) is 0 Å². The molecule has 3 aromatic rings. The van der Waals surface area contributed by atoms with E-state index in [9.17, 15) is 9.59 Å². The quantitative estimate of drug-likeness (QED) is 0.661. The second-order valence-electron chi connectivity index (χ2n) is 6.54. The molecule has 2 heterocycles. The lowest BCUT2D eigenvalue weighted by molar-refractivity contribution is -0.156. The van der Waals surface area contributed by atoms with E-state index in [1.54, 1.807) is 30.5 Å². The molecule has 0 N–H and O–H groups in total. The fourth-order valence-corrected chi connectivity index (χ4v) is 3.57. The number of pyridine rings is 1. The number of hydrogen-bond donors (Lipinski definition) is 0. The molecule has 1 fully saturated rings. The molecular formula is C20H17ClN2O3. The summed E-state index contributed by atoms with van der Waals surface area (Å²) in [7, 11) is 0. The Balaban J connectivity index is 1.56. The van der Waals surface area contributed by atoms with Crippen molar-refractivity contribution in [3.8, 4) is 0 Å². The topological polar surface area (TPSA) is 60.7 Å². The number of rotatable bonds is 4. The van der Waals surface area contributed by atoms with Crippen LogP contribution in [-0.4, -0.2) is 15.4 Å². The van der Waals surface area contributed by atoms with Crippen molar-refractivity contribution in [2.24, 2.45) is 0 Å². The monoisotopic (exact) mass is 368 g/mol. The molecule has 2 aromatic heterocycles. The summed E-state index contributed by atoms with van der Waals surface area (Å²) in [4.78, 5) is 29.3. The molecule has 0 amide bonds. The van der Waals surface area contributed by atoms with Crippen LogP contribution in [0, 0.1) is 0 Å². The number of nitrogens with zero attached hydrogens (tertiary/aromatic N) is 2. The smallest absolute Gasteiger partial charge is 0.316 e. The van der Waals surface area contributed by atoms with E-state index in [2.05, 4.69) is 4.98 Å². The highest BCUT2D eigenvalue weighted by Crippen LogP contribution is 2.45. The number of esters is 1. The van der Waals surface area contributed by atoms with Crippen LogP contribution in [0.15, 0.2) is 59.5 Å². The molecular weight excluding hydrogens is 352 g/mol. The standard InChI is InChI=1S/C20H17ClN2O3/c21-15-6-3-5-14(11-15)20(8-4-9-20)19(25)26-13-16-12-18(24)23-10-2-1-7-17(23)22-16/h1-3,5-7,10-12H,4,8-9,13H2. The molecule has 26 heavy (non-hydrogen) atoms. The molecule has 0 saturated heterocycles. The van der Waals surface area contributed by atoms with Crippen LogP contribution in [-0.2, 0) is 21.6 Å². The van der Waals surface area contributed by atoms with Gasteiger partial charge in [0.2, 0.25) is 0 Å². The Morgan fingerprint density at radius 2 is 2.04 bits per heavy atom. The van der Waals surface area contributed by atoms with E-state index in [0.29, 0.717) is 16.4 Å². The molecule has 132 valence electrons. The predicted octanol–water partition coefficient (Wildman–Crippen LogP) is 3.51. The van der Waals surface area contributed by atoms with E-state index in [1.165, 1.54) is 10.5 Å². The van der Waals surface area contributed by atoms with Gasteiger partial charge in [-0.1, -0.05) is 36.2 Å². The van der Waals surface area contributed by atoms with Crippen LogP contribution in [0.1, 0.15) is 30.5 Å². The van der Waals surface area contributed by atoms with Gasteiger partial charge in [-0.3, -0.25) is 14.0 Å². The van der Waals surface area contributed by atoms with Crippen LogP contribution >= 0.6 is 11.6 Å². The Morgan fingerprint density at radius 1 is 1.19 bits per heavy atom. The number of hydrogen-bond acceptors (Lipinski definition) is 4. The molecule has 1 aliphatic carbocycles. The number of carbonyl (C=O) groups is 1. The van der Waals surface area contributed by atoms with Crippen LogP contribution in [0.3, 0.4) is 0 Å². The van der Waals surface area contributed by atoms with Gasteiger partial charge in [0.15, 0.2) is 0 Å². The molecule has 1 saturated carbocycles. The van der Waals surface area contributed by atoms with E-state index in [0.717, 1.165) is 24.8 Å². The normalized spacial score (nSPS) is 15.4. The van der Waals surface area contributed by atoms with E-state index in [1.807, 2.05) is 18.2 Å². The molecule has 1 aromatic carbocycles. The van der Waals surface area contributed by atoms with Gasteiger partial charge in [-0.05, 0) is 42.7 Å². The number of carbonyl (C=O) groups excluding carboxylic acids is 1. The SMILES string of the molecule is O=C(OCc1cc(=O)n2ccccc2n1)C1(c2cccc(Cl)c2)CCC1. The van der Waals surface area contributed by atoms with Crippen molar-refractivity contribution in [3.63, 3.8) is 0 Å². The fourth-order valence-electron chi connectivity index (χ4n) is 3.38. The number of aromatic nitrogens is 2. The van der Waals surface area contributed by atoms with Gasteiger partial charge in [0.05, 0.1) is 11.1 Å². The second kappa shape index (κ2) is 6.57. The molecule has 1 aliphatic rings. The van der Waals surface area contributed by atoms with Crippen molar-refractivity contribution < 1.29 is 9.53 Å². The Labute approximate surface area is 155 Å². The fraction of sp³-hybridized carbons (Fsp3) is 0.250. The maximum Gasteiger partial charge on any atom is 0.316 e. The summed E-state index contributed by atoms with van der Waals surface area (Å²) >= 11 is 6.08. The van der Waals surface area contributed by atoms with Crippen LogP contribution in [0.2, 0.25) is 5.02 Å². The van der Waals surface area contributed by atoms with Crippen molar-refractivity contribution >= 4 is 23.2 Å². The summed E-state index contributed by atoms with van der Waals surface area (Å²) in [6.45, 7) is -0.0260. The van der Waals surface area contributed by atoms with E-state index in [-0.39, 0.29) is 18.1 Å². The summed E-state index contributed by atoms with van der Waals surface area (Å²) in [6, 6.07) is 14.1. The molecule has 0 atom stereocenters.